The third-order valence-corrected chi connectivity index (χ3v) is 3.22. The summed E-state index contributed by atoms with van der Waals surface area (Å²) in [7, 11) is 0. The van der Waals surface area contributed by atoms with Crippen molar-refractivity contribution < 1.29 is 20.1 Å². The van der Waals surface area contributed by atoms with E-state index in [0.717, 1.165) is 5.56 Å². The van der Waals surface area contributed by atoms with Crippen molar-refractivity contribution in [2.45, 2.75) is 24.8 Å². The minimum absolute atomic E-state index is 0.314. The van der Waals surface area contributed by atoms with E-state index >= 15 is 0 Å². The Morgan fingerprint density at radius 2 is 1.68 bits per heavy atom. The molecule has 0 heterocycles. The van der Waals surface area contributed by atoms with Crippen molar-refractivity contribution in [3.05, 3.63) is 35.9 Å². The van der Waals surface area contributed by atoms with Gasteiger partial charge in [0.05, 0.1) is 25.7 Å². The molecule has 5 nitrogen and oxygen atoms in total. The smallest absolute Gasteiger partial charge is 0.228 e. The van der Waals surface area contributed by atoms with Crippen LogP contribution in [0.25, 0.3) is 0 Å². The number of benzene rings is 1. The lowest BCUT2D eigenvalue weighted by Gasteiger charge is -2.30. The molecule has 4 N–H and O–H groups in total. The van der Waals surface area contributed by atoms with Crippen molar-refractivity contribution in [3.63, 3.8) is 0 Å². The Hall–Kier alpha value is -1.43. The molecule has 0 spiro atoms. The van der Waals surface area contributed by atoms with Crippen LogP contribution in [-0.4, -0.2) is 46.6 Å². The van der Waals surface area contributed by atoms with Crippen LogP contribution in [-0.2, 0) is 4.79 Å². The molecule has 1 atom stereocenters. The van der Waals surface area contributed by atoms with E-state index in [1.54, 1.807) is 0 Å². The molecule has 1 unspecified atom stereocenters. The van der Waals surface area contributed by atoms with Crippen molar-refractivity contribution in [1.82, 2.24) is 5.32 Å². The van der Waals surface area contributed by atoms with Gasteiger partial charge in [0.15, 0.2) is 0 Å². The van der Waals surface area contributed by atoms with E-state index in [2.05, 4.69) is 5.32 Å². The standard InChI is InChI=1S/C14H21NO4/c1-2-12(11-6-4-3-5-7-11)13(19)15-14(8-16,9-17)10-18/h3-7,12,16-18H,2,8-10H2,1H3,(H,15,19). The molecule has 0 aliphatic heterocycles. The van der Waals surface area contributed by atoms with Crippen LogP contribution in [0.3, 0.4) is 0 Å². The zero-order valence-corrected chi connectivity index (χ0v) is 11.0. The van der Waals surface area contributed by atoms with Crippen LogP contribution in [0.4, 0.5) is 0 Å². The van der Waals surface area contributed by atoms with Crippen molar-refractivity contribution in [3.8, 4) is 0 Å². The van der Waals surface area contributed by atoms with Crippen LogP contribution in [0.15, 0.2) is 30.3 Å². The molecule has 1 aromatic carbocycles. The SMILES string of the molecule is CCC(C(=O)NC(CO)(CO)CO)c1ccccc1. The van der Waals surface area contributed by atoms with Gasteiger partial charge in [-0.2, -0.15) is 0 Å². The summed E-state index contributed by atoms with van der Waals surface area (Å²) >= 11 is 0. The number of carbonyl (C=O) groups is 1. The maximum atomic E-state index is 12.2. The molecule has 1 amide bonds. The van der Waals surface area contributed by atoms with Crippen molar-refractivity contribution in [2.24, 2.45) is 0 Å². The molecule has 0 fully saturated rings. The van der Waals surface area contributed by atoms with Crippen LogP contribution in [0.5, 0.6) is 0 Å². The van der Waals surface area contributed by atoms with Crippen molar-refractivity contribution >= 4 is 5.91 Å². The largest absolute Gasteiger partial charge is 0.394 e. The van der Waals surface area contributed by atoms with Gasteiger partial charge in [0.1, 0.15) is 5.54 Å². The number of carbonyl (C=O) groups excluding carboxylic acids is 1. The van der Waals surface area contributed by atoms with Gasteiger partial charge < -0.3 is 20.6 Å². The van der Waals surface area contributed by atoms with Gasteiger partial charge in [-0.3, -0.25) is 4.79 Å². The summed E-state index contributed by atoms with van der Waals surface area (Å²) in [6.45, 7) is 0.334. The lowest BCUT2D eigenvalue weighted by molar-refractivity contribution is -0.127. The maximum Gasteiger partial charge on any atom is 0.228 e. The Morgan fingerprint density at radius 3 is 2.11 bits per heavy atom. The number of hydrogen-bond acceptors (Lipinski definition) is 4. The number of aliphatic hydroxyl groups excluding tert-OH is 3. The van der Waals surface area contributed by atoms with E-state index in [1.165, 1.54) is 0 Å². The maximum absolute atomic E-state index is 12.2. The average molecular weight is 267 g/mol. The third-order valence-electron chi connectivity index (χ3n) is 3.22. The molecule has 0 aliphatic rings. The minimum Gasteiger partial charge on any atom is -0.394 e. The molecule has 0 radical (unpaired) electrons. The molecule has 0 saturated carbocycles. The van der Waals surface area contributed by atoms with E-state index in [9.17, 15) is 20.1 Å². The highest BCUT2D eigenvalue weighted by molar-refractivity contribution is 5.84. The lowest BCUT2D eigenvalue weighted by atomic mass is 9.93. The van der Waals surface area contributed by atoms with Crippen LogP contribution in [0.2, 0.25) is 0 Å². The highest BCUT2D eigenvalue weighted by Gasteiger charge is 2.32. The summed E-state index contributed by atoms with van der Waals surface area (Å²) in [6.07, 6.45) is 0.591. The fourth-order valence-electron chi connectivity index (χ4n) is 1.87. The molecule has 0 saturated heterocycles. The Balaban J connectivity index is 2.86. The average Bonchev–Trinajstić information content (AvgIpc) is 2.47. The van der Waals surface area contributed by atoms with E-state index < -0.39 is 25.4 Å². The van der Waals surface area contributed by atoms with Gasteiger partial charge in [-0.25, -0.2) is 0 Å². The van der Waals surface area contributed by atoms with Gasteiger partial charge in [0.25, 0.3) is 0 Å². The molecule has 5 heteroatoms. The number of amides is 1. The second kappa shape index (κ2) is 7.23. The predicted molar refractivity (Wildman–Crippen MR) is 71.6 cm³/mol. The number of hydrogen-bond donors (Lipinski definition) is 4. The van der Waals surface area contributed by atoms with E-state index in [0.29, 0.717) is 6.42 Å². The first kappa shape index (κ1) is 15.6. The zero-order valence-electron chi connectivity index (χ0n) is 11.0. The normalized spacial score (nSPS) is 13.1. The highest BCUT2D eigenvalue weighted by atomic mass is 16.3. The molecule has 106 valence electrons. The van der Waals surface area contributed by atoms with Crippen LogP contribution < -0.4 is 5.32 Å². The van der Waals surface area contributed by atoms with Gasteiger partial charge in [-0.15, -0.1) is 0 Å². The minimum atomic E-state index is -1.38. The number of aliphatic hydroxyl groups is 3. The summed E-state index contributed by atoms with van der Waals surface area (Å²) in [5.74, 6) is -0.684. The third kappa shape index (κ3) is 3.76. The summed E-state index contributed by atoms with van der Waals surface area (Å²) in [5.41, 5.74) is -0.510. The topological polar surface area (TPSA) is 89.8 Å². The molecule has 0 aromatic heterocycles. The summed E-state index contributed by atoms with van der Waals surface area (Å²) in [6, 6.07) is 9.28. The first-order chi connectivity index (χ1) is 9.12. The summed E-state index contributed by atoms with van der Waals surface area (Å²) in [5, 5.41) is 30.2. The van der Waals surface area contributed by atoms with Gasteiger partial charge in [-0.1, -0.05) is 37.3 Å². The van der Waals surface area contributed by atoms with E-state index in [4.69, 9.17) is 0 Å². The quantitative estimate of drug-likeness (QED) is 0.560. The van der Waals surface area contributed by atoms with E-state index in [-0.39, 0.29) is 11.8 Å². The van der Waals surface area contributed by atoms with Crippen LogP contribution in [0.1, 0.15) is 24.8 Å². The second-order valence-electron chi connectivity index (χ2n) is 4.62. The van der Waals surface area contributed by atoms with Crippen LogP contribution >= 0.6 is 0 Å². The summed E-state index contributed by atoms with van der Waals surface area (Å²) < 4.78 is 0. The van der Waals surface area contributed by atoms with Crippen molar-refractivity contribution in [1.29, 1.82) is 0 Å². The Labute approximate surface area is 112 Å². The molecule has 1 rings (SSSR count). The molecular weight excluding hydrogens is 246 g/mol. The highest BCUT2D eigenvalue weighted by Crippen LogP contribution is 2.20. The fourth-order valence-corrected chi connectivity index (χ4v) is 1.87. The molecular formula is C14H21NO4. The van der Waals surface area contributed by atoms with Gasteiger partial charge in [0.2, 0.25) is 5.91 Å². The zero-order chi connectivity index (χ0) is 14.3. The number of rotatable bonds is 7. The van der Waals surface area contributed by atoms with Crippen molar-refractivity contribution in [2.75, 3.05) is 19.8 Å². The Kier molecular flexibility index (Phi) is 5.95. The molecule has 19 heavy (non-hydrogen) atoms. The first-order valence-corrected chi connectivity index (χ1v) is 6.32. The Bertz CT molecular complexity index is 381. The monoisotopic (exact) mass is 267 g/mol. The first-order valence-electron chi connectivity index (χ1n) is 6.32. The molecule has 0 aliphatic carbocycles. The summed E-state index contributed by atoms with van der Waals surface area (Å²) in [4.78, 5) is 12.2. The van der Waals surface area contributed by atoms with Gasteiger partial charge in [-0.05, 0) is 12.0 Å². The van der Waals surface area contributed by atoms with Crippen LogP contribution in [0, 0.1) is 0 Å². The van der Waals surface area contributed by atoms with E-state index in [1.807, 2.05) is 37.3 Å². The van der Waals surface area contributed by atoms with Gasteiger partial charge >= 0.3 is 0 Å². The van der Waals surface area contributed by atoms with Gasteiger partial charge in [0, 0.05) is 0 Å². The lowest BCUT2D eigenvalue weighted by Crippen LogP contribution is -2.58. The number of nitrogens with one attached hydrogen (secondary N) is 1. The fraction of sp³-hybridized carbons (Fsp3) is 0.500. The molecule has 0 bridgehead atoms. The second-order valence-corrected chi connectivity index (χ2v) is 4.62. The predicted octanol–water partition coefficient (Wildman–Crippen LogP) is 0.0121. The molecule has 1 aromatic rings. The Morgan fingerprint density at radius 1 is 1.16 bits per heavy atom.